The third kappa shape index (κ3) is 2.40. The Morgan fingerprint density at radius 1 is 0.917 bits per heavy atom. The van der Waals surface area contributed by atoms with Gasteiger partial charge in [-0.15, -0.1) is 0 Å². The molecule has 24 heavy (non-hydrogen) atoms. The molecule has 0 amide bonds. The Morgan fingerprint density at radius 2 is 1.71 bits per heavy atom. The summed E-state index contributed by atoms with van der Waals surface area (Å²) in [6.45, 7) is 2.02. The molecular formula is C19H15N3O2. The molecule has 0 unspecified atom stereocenters. The fourth-order valence-corrected chi connectivity index (χ4v) is 2.70. The smallest absolute Gasteiger partial charge is 0.259 e. The van der Waals surface area contributed by atoms with Crippen LogP contribution in [0.25, 0.3) is 33.7 Å². The van der Waals surface area contributed by atoms with Crippen molar-refractivity contribution in [2.45, 2.75) is 6.92 Å². The Balaban J connectivity index is 1.88. The highest BCUT2D eigenvalue weighted by Crippen LogP contribution is 2.31. The van der Waals surface area contributed by atoms with Gasteiger partial charge in [0.15, 0.2) is 0 Å². The molecule has 2 heterocycles. The van der Waals surface area contributed by atoms with E-state index in [0.29, 0.717) is 17.6 Å². The summed E-state index contributed by atoms with van der Waals surface area (Å²) in [6.07, 6.45) is 0. The molecule has 4 aromatic rings. The fourth-order valence-electron chi connectivity index (χ4n) is 2.70. The minimum absolute atomic E-state index is 0.449. The number of benzene rings is 2. The van der Waals surface area contributed by atoms with E-state index in [1.165, 1.54) is 0 Å². The van der Waals surface area contributed by atoms with Gasteiger partial charge in [-0.2, -0.15) is 4.98 Å². The van der Waals surface area contributed by atoms with Gasteiger partial charge >= 0.3 is 0 Å². The van der Waals surface area contributed by atoms with Crippen molar-refractivity contribution >= 4 is 10.9 Å². The first-order valence-electron chi connectivity index (χ1n) is 7.60. The number of fused-ring (bicyclic) bond motifs is 1. The highest BCUT2D eigenvalue weighted by atomic mass is 16.5. The van der Waals surface area contributed by atoms with Gasteiger partial charge in [-0.25, -0.2) is 4.98 Å². The van der Waals surface area contributed by atoms with Crippen LogP contribution in [0.2, 0.25) is 0 Å². The van der Waals surface area contributed by atoms with Crippen LogP contribution in [-0.4, -0.2) is 22.2 Å². The van der Waals surface area contributed by atoms with Crippen LogP contribution in [0.3, 0.4) is 0 Å². The van der Waals surface area contributed by atoms with Crippen LogP contribution in [0.15, 0.2) is 59.1 Å². The summed E-state index contributed by atoms with van der Waals surface area (Å²) in [7, 11) is 1.59. The van der Waals surface area contributed by atoms with E-state index < -0.39 is 0 Å². The van der Waals surface area contributed by atoms with E-state index in [9.17, 15) is 0 Å². The van der Waals surface area contributed by atoms with Crippen molar-refractivity contribution in [3.05, 3.63) is 60.2 Å². The highest BCUT2D eigenvalue weighted by molar-refractivity contribution is 5.93. The Kier molecular flexibility index (Phi) is 3.46. The summed E-state index contributed by atoms with van der Waals surface area (Å²) in [5.41, 5.74) is 3.69. The molecule has 4 rings (SSSR count). The molecule has 5 heteroatoms. The lowest BCUT2D eigenvalue weighted by Crippen LogP contribution is -1.91. The van der Waals surface area contributed by atoms with Crippen molar-refractivity contribution in [3.63, 3.8) is 0 Å². The molecule has 2 aromatic carbocycles. The van der Waals surface area contributed by atoms with Crippen molar-refractivity contribution in [1.82, 2.24) is 15.1 Å². The third-order valence-electron chi connectivity index (χ3n) is 3.94. The summed E-state index contributed by atoms with van der Waals surface area (Å²) in [4.78, 5) is 9.02. The molecular weight excluding hydrogens is 302 g/mol. The second-order valence-electron chi connectivity index (χ2n) is 5.47. The zero-order valence-corrected chi connectivity index (χ0v) is 13.4. The van der Waals surface area contributed by atoms with Crippen molar-refractivity contribution in [1.29, 1.82) is 0 Å². The van der Waals surface area contributed by atoms with Crippen LogP contribution < -0.4 is 4.74 Å². The second-order valence-corrected chi connectivity index (χ2v) is 5.47. The zero-order valence-electron chi connectivity index (χ0n) is 13.4. The minimum Gasteiger partial charge on any atom is -0.481 e. The molecule has 0 saturated heterocycles. The van der Waals surface area contributed by atoms with Gasteiger partial charge in [0.1, 0.15) is 0 Å². The van der Waals surface area contributed by atoms with E-state index in [2.05, 4.69) is 15.1 Å². The molecule has 0 spiro atoms. The van der Waals surface area contributed by atoms with Crippen LogP contribution in [-0.2, 0) is 0 Å². The third-order valence-corrected chi connectivity index (χ3v) is 3.94. The minimum atomic E-state index is 0.449. The lowest BCUT2D eigenvalue weighted by Gasteiger charge is -2.05. The monoisotopic (exact) mass is 317 g/mol. The molecule has 118 valence electrons. The van der Waals surface area contributed by atoms with Gasteiger partial charge in [0.25, 0.3) is 5.89 Å². The summed E-state index contributed by atoms with van der Waals surface area (Å²) in [6, 6.07) is 17.6. The molecule has 0 fully saturated rings. The largest absolute Gasteiger partial charge is 0.481 e. The first-order valence-corrected chi connectivity index (χ1v) is 7.60. The van der Waals surface area contributed by atoms with Gasteiger partial charge in [0.2, 0.25) is 11.7 Å². The first-order chi connectivity index (χ1) is 11.8. The lowest BCUT2D eigenvalue weighted by atomic mass is 10.1. The summed E-state index contributed by atoms with van der Waals surface area (Å²) in [5, 5.41) is 5.08. The molecule has 0 aliphatic carbocycles. The Morgan fingerprint density at radius 3 is 2.54 bits per heavy atom. The molecule has 0 N–H and O–H groups in total. The number of hydrogen-bond donors (Lipinski definition) is 0. The molecule has 0 bridgehead atoms. The first kappa shape index (κ1) is 14.4. The Bertz CT molecular complexity index is 1020. The number of pyridine rings is 1. The van der Waals surface area contributed by atoms with E-state index in [0.717, 1.165) is 27.6 Å². The zero-order chi connectivity index (χ0) is 16.5. The number of ether oxygens (including phenoxy) is 1. The van der Waals surface area contributed by atoms with Crippen molar-refractivity contribution in [3.8, 4) is 28.7 Å². The van der Waals surface area contributed by atoms with Crippen LogP contribution in [0, 0.1) is 6.92 Å². The van der Waals surface area contributed by atoms with Crippen molar-refractivity contribution < 1.29 is 9.26 Å². The number of aryl methyl sites for hydroxylation is 1. The molecule has 0 atom stereocenters. The van der Waals surface area contributed by atoms with Crippen LogP contribution in [0.4, 0.5) is 0 Å². The predicted molar refractivity (Wildman–Crippen MR) is 91.8 cm³/mol. The summed E-state index contributed by atoms with van der Waals surface area (Å²) in [5.74, 6) is 1.53. The molecule has 0 aliphatic heterocycles. The average molecular weight is 317 g/mol. The summed E-state index contributed by atoms with van der Waals surface area (Å²) < 4.78 is 10.8. The molecule has 2 aromatic heterocycles. The van der Waals surface area contributed by atoms with Crippen LogP contribution in [0.1, 0.15) is 5.56 Å². The number of methoxy groups -OCH3 is 1. The van der Waals surface area contributed by atoms with Gasteiger partial charge in [-0.05, 0) is 18.6 Å². The normalized spacial score (nSPS) is 10.9. The van der Waals surface area contributed by atoms with E-state index in [4.69, 9.17) is 9.26 Å². The number of hydrogen-bond acceptors (Lipinski definition) is 5. The molecule has 0 radical (unpaired) electrons. The number of para-hydroxylation sites is 1. The van der Waals surface area contributed by atoms with E-state index in [1.807, 2.05) is 61.5 Å². The lowest BCUT2D eigenvalue weighted by molar-refractivity contribution is 0.399. The van der Waals surface area contributed by atoms with Gasteiger partial charge in [0.05, 0.1) is 18.2 Å². The maximum Gasteiger partial charge on any atom is 0.259 e. The number of rotatable bonds is 3. The number of nitrogens with zero attached hydrogens (tertiary/aromatic N) is 3. The van der Waals surface area contributed by atoms with E-state index >= 15 is 0 Å². The van der Waals surface area contributed by atoms with Crippen LogP contribution in [0.5, 0.6) is 5.88 Å². The van der Waals surface area contributed by atoms with E-state index in [-0.39, 0.29) is 0 Å². The van der Waals surface area contributed by atoms with Crippen molar-refractivity contribution in [2.24, 2.45) is 0 Å². The Hall–Kier alpha value is -3.21. The van der Waals surface area contributed by atoms with Gasteiger partial charge < -0.3 is 9.26 Å². The molecule has 5 nitrogen and oxygen atoms in total. The Labute approximate surface area is 138 Å². The highest BCUT2D eigenvalue weighted by Gasteiger charge is 2.16. The second kappa shape index (κ2) is 5.77. The maximum atomic E-state index is 5.52. The van der Waals surface area contributed by atoms with Gasteiger partial charge in [-0.1, -0.05) is 47.6 Å². The van der Waals surface area contributed by atoms with Crippen LogP contribution >= 0.6 is 0 Å². The molecule has 0 saturated carbocycles. The SMILES string of the molecule is COc1cc(-c2nc(-c3ccccc3C)no2)c2ccccc2n1. The fraction of sp³-hybridized carbons (Fsp3) is 0.105. The van der Waals surface area contributed by atoms with E-state index in [1.54, 1.807) is 7.11 Å². The summed E-state index contributed by atoms with van der Waals surface area (Å²) >= 11 is 0. The van der Waals surface area contributed by atoms with Gasteiger partial charge in [0, 0.05) is 17.0 Å². The quantitative estimate of drug-likeness (QED) is 0.565. The van der Waals surface area contributed by atoms with Crippen molar-refractivity contribution in [2.75, 3.05) is 7.11 Å². The molecule has 0 aliphatic rings. The maximum absolute atomic E-state index is 5.52. The predicted octanol–water partition coefficient (Wildman–Crippen LogP) is 4.27. The average Bonchev–Trinajstić information content (AvgIpc) is 3.10. The van der Waals surface area contributed by atoms with Gasteiger partial charge in [-0.3, -0.25) is 0 Å². The topological polar surface area (TPSA) is 61.0 Å². The standard InChI is InChI=1S/C19H15N3O2/c1-12-7-3-4-8-13(12)18-21-19(24-22-18)15-11-17(23-2)20-16-10-6-5-9-14(15)16/h3-11H,1-2H3. The number of aromatic nitrogens is 3.